The fourth-order valence-corrected chi connectivity index (χ4v) is 3.67. The first-order valence-corrected chi connectivity index (χ1v) is 9.35. The number of aliphatic hydroxyl groups is 1. The summed E-state index contributed by atoms with van der Waals surface area (Å²) in [6, 6.07) is 8.08. The Balaban J connectivity index is 1.51. The largest absolute Gasteiger partial charge is 0.394 e. The van der Waals surface area contributed by atoms with Gasteiger partial charge < -0.3 is 10.0 Å². The van der Waals surface area contributed by atoms with Crippen LogP contribution in [0.5, 0.6) is 0 Å². The summed E-state index contributed by atoms with van der Waals surface area (Å²) < 4.78 is 3.73. The molecule has 2 aromatic heterocycles. The molecule has 0 radical (unpaired) electrons. The summed E-state index contributed by atoms with van der Waals surface area (Å²) in [4.78, 5) is 7.15. The standard InChI is InChI=1S/C19H26N6O/c1-23-8-6-15(7-9-23)12-18-20-19(25(22-18)10-11-26)14-24-13-16-4-2-3-5-17(16)21-24/h2-5,13,15,26H,6-12,14H2,1H3. The van der Waals surface area contributed by atoms with Gasteiger partial charge in [0.15, 0.2) is 5.82 Å². The van der Waals surface area contributed by atoms with Crippen molar-refractivity contribution in [1.29, 1.82) is 0 Å². The van der Waals surface area contributed by atoms with Crippen LogP contribution in [0, 0.1) is 5.92 Å². The van der Waals surface area contributed by atoms with E-state index in [-0.39, 0.29) is 6.61 Å². The highest BCUT2D eigenvalue weighted by Gasteiger charge is 2.20. The van der Waals surface area contributed by atoms with E-state index in [2.05, 4.69) is 28.2 Å². The van der Waals surface area contributed by atoms with Crippen molar-refractivity contribution in [3.63, 3.8) is 0 Å². The summed E-state index contributed by atoms with van der Waals surface area (Å²) >= 11 is 0. The van der Waals surface area contributed by atoms with Gasteiger partial charge in [-0.25, -0.2) is 9.67 Å². The van der Waals surface area contributed by atoms with Crippen LogP contribution in [0.25, 0.3) is 10.9 Å². The van der Waals surface area contributed by atoms with Gasteiger partial charge in [0.1, 0.15) is 12.4 Å². The van der Waals surface area contributed by atoms with Crippen molar-refractivity contribution in [2.45, 2.75) is 32.4 Å². The zero-order valence-electron chi connectivity index (χ0n) is 15.3. The van der Waals surface area contributed by atoms with E-state index < -0.39 is 0 Å². The number of hydrogen-bond donors (Lipinski definition) is 1. The quantitative estimate of drug-likeness (QED) is 0.727. The van der Waals surface area contributed by atoms with Crippen LogP contribution in [0.1, 0.15) is 24.5 Å². The molecule has 4 rings (SSSR count). The van der Waals surface area contributed by atoms with E-state index in [0.29, 0.717) is 19.0 Å². The van der Waals surface area contributed by atoms with Crippen molar-refractivity contribution in [1.82, 2.24) is 29.4 Å². The maximum Gasteiger partial charge on any atom is 0.151 e. The number of aromatic nitrogens is 5. The molecule has 1 aliphatic rings. The average molecular weight is 354 g/mol. The van der Waals surface area contributed by atoms with Gasteiger partial charge in [-0.3, -0.25) is 4.68 Å². The predicted molar refractivity (Wildman–Crippen MR) is 99.9 cm³/mol. The van der Waals surface area contributed by atoms with Gasteiger partial charge in [0.05, 0.1) is 18.7 Å². The molecule has 26 heavy (non-hydrogen) atoms. The van der Waals surface area contributed by atoms with Crippen LogP contribution in [0.3, 0.4) is 0 Å². The fourth-order valence-electron chi connectivity index (χ4n) is 3.67. The number of hydrogen-bond acceptors (Lipinski definition) is 5. The van der Waals surface area contributed by atoms with E-state index >= 15 is 0 Å². The molecule has 0 atom stereocenters. The summed E-state index contributed by atoms with van der Waals surface area (Å²) in [5.74, 6) is 2.39. The molecule has 1 aliphatic heterocycles. The first-order valence-electron chi connectivity index (χ1n) is 9.35. The molecule has 7 nitrogen and oxygen atoms in total. The maximum atomic E-state index is 9.37. The Kier molecular flexibility index (Phi) is 4.99. The number of nitrogens with zero attached hydrogens (tertiary/aromatic N) is 6. The third kappa shape index (κ3) is 3.78. The lowest BCUT2D eigenvalue weighted by molar-refractivity contribution is 0.217. The lowest BCUT2D eigenvalue weighted by atomic mass is 9.94. The van der Waals surface area contributed by atoms with Crippen molar-refractivity contribution in [3.8, 4) is 0 Å². The first kappa shape index (κ1) is 17.2. The smallest absolute Gasteiger partial charge is 0.151 e. The molecule has 7 heteroatoms. The van der Waals surface area contributed by atoms with Crippen molar-refractivity contribution in [2.75, 3.05) is 26.7 Å². The number of rotatable bonds is 6. The number of likely N-dealkylation sites (tertiary alicyclic amines) is 1. The van der Waals surface area contributed by atoms with Crippen molar-refractivity contribution in [3.05, 3.63) is 42.1 Å². The molecule has 0 unspecified atom stereocenters. The average Bonchev–Trinajstić information content (AvgIpc) is 3.21. The lowest BCUT2D eigenvalue weighted by Crippen LogP contribution is -2.31. The molecule has 3 heterocycles. The minimum absolute atomic E-state index is 0.0606. The maximum absolute atomic E-state index is 9.37. The minimum atomic E-state index is 0.0606. The molecular formula is C19H26N6O. The molecule has 0 saturated carbocycles. The van der Waals surface area contributed by atoms with Crippen molar-refractivity contribution < 1.29 is 5.11 Å². The van der Waals surface area contributed by atoms with Crippen LogP contribution < -0.4 is 0 Å². The van der Waals surface area contributed by atoms with E-state index in [4.69, 9.17) is 4.98 Å². The van der Waals surface area contributed by atoms with Crippen molar-refractivity contribution >= 4 is 10.9 Å². The summed E-state index contributed by atoms with van der Waals surface area (Å²) in [6.45, 7) is 3.39. The molecule has 138 valence electrons. The highest BCUT2D eigenvalue weighted by atomic mass is 16.3. The van der Waals surface area contributed by atoms with E-state index in [1.807, 2.05) is 33.8 Å². The number of aliphatic hydroxyl groups excluding tert-OH is 1. The zero-order valence-corrected chi connectivity index (χ0v) is 15.3. The summed E-state index contributed by atoms with van der Waals surface area (Å²) in [5.41, 5.74) is 0.979. The van der Waals surface area contributed by atoms with Gasteiger partial charge in [-0.05, 0) is 45.0 Å². The van der Waals surface area contributed by atoms with Crippen LogP contribution in [-0.2, 0) is 19.5 Å². The Labute approximate surface area is 153 Å². The zero-order chi connectivity index (χ0) is 17.9. The Morgan fingerprint density at radius 3 is 2.73 bits per heavy atom. The van der Waals surface area contributed by atoms with Gasteiger partial charge >= 0.3 is 0 Å². The van der Waals surface area contributed by atoms with Crippen LogP contribution >= 0.6 is 0 Å². The second-order valence-electron chi connectivity index (χ2n) is 7.23. The summed E-state index contributed by atoms with van der Waals surface area (Å²) in [7, 11) is 2.18. The van der Waals surface area contributed by atoms with E-state index in [9.17, 15) is 5.11 Å². The van der Waals surface area contributed by atoms with Gasteiger partial charge in [0.2, 0.25) is 0 Å². The summed E-state index contributed by atoms with van der Waals surface area (Å²) in [6.07, 6.45) is 5.35. The van der Waals surface area contributed by atoms with Gasteiger partial charge in [0.25, 0.3) is 0 Å². The molecule has 0 amide bonds. The number of fused-ring (bicyclic) bond motifs is 1. The highest BCUT2D eigenvalue weighted by Crippen LogP contribution is 2.20. The van der Waals surface area contributed by atoms with Gasteiger partial charge in [-0.15, -0.1) is 0 Å². The number of piperidine rings is 1. The van der Waals surface area contributed by atoms with Crippen LogP contribution in [-0.4, -0.2) is 61.3 Å². The lowest BCUT2D eigenvalue weighted by Gasteiger charge is -2.28. The molecule has 1 fully saturated rings. The van der Waals surface area contributed by atoms with Crippen LogP contribution in [0.4, 0.5) is 0 Å². The molecule has 1 aromatic carbocycles. The van der Waals surface area contributed by atoms with E-state index in [1.165, 1.54) is 12.8 Å². The van der Waals surface area contributed by atoms with E-state index in [0.717, 1.165) is 42.1 Å². The predicted octanol–water partition coefficient (Wildman–Crippen LogP) is 1.55. The summed E-state index contributed by atoms with van der Waals surface area (Å²) in [5, 5.41) is 19.7. The molecule has 0 spiro atoms. The SMILES string of the molecule is CN1CCC(Cc2nc(Cn3cc4ccccc4n3)n(CCO)n2)CC1. The Hall–Kier alpha value is -2.25. The second kappa shape index (κ2) is 7.55. The third-order valence-corrected chi connectivity index (χ3v) is 5.18. The third-order valence-electron chi connectivity index (χ3n) is 5.18. The van der Waals surface area contributed by atoms with E-state index in [1.54, 1.807) is 0 Å². The highest BCUT2D eigenvalue weighted by molar-refractivity contribution is 5.77. The Morgan fingerprint density at radius 2 is 1.96 bits per heavy atom. The monoisotopic (exact) mass is 354 g/mol. The molecule has 0 bridgehead atoms. The molecule has 0 aliphatic carbocycles. The van der Waals surface area contributed by atoms with Crippen LogP contribution in [0.15, 0.2) is 30.5 Å². The fraction of sp³-hybridized carbons (Fsp3) is 0.526. The molecule has 1 N–H and O–H groups in total. The Morgan fingerprint density at radius 1 is 1.15 bits per heavy atom. The molecule has 1 saturated heterocycles. The minimum Gasteiger partial charge on any atom is -0.394 e. The van der Waals surface area contributed by atoms with Gasteiger partial charge in [-0.2, -0.15) is 10.2 Å². The van der Waals surface area contributed by atoms with Gasteiger partial charge in [-0.1, -0.05) is 18.2 Å². The van der Waals surface area contributed by atoms with Gasteiger partial charge in [0, 0.05) is 18.0 Å². The Bertz CT molecular complexity index is 829. The first-order chi connectivity index (χ1) is 12.7. The topological polar surface area (TPSA) is 72.0 Å². The molecule has 3 aromatic rings. The molecular weight excluding hydrogens is 328 g/mol. The van der Waals surface area contributed by atoms with Crippen molar-refractivity contribution in [2.24, 2.45) is 5.92 Å². The second-order valence-corrected chi connectivity index (χ2v) is 7.23. The van der Waals surface area contributed by atoms with Crippen LogP contribution in [0.2, 0.25) is 0 Å². The normalized spacial score (nSPS) is 16.5. The number of benzene rings is 1.